The van der Waals surface area contributed by atoms with Gasteiger partial charge in [-0.3, -0.25) is 4.79 Å². The number of nitrogens with one attached hydrogen (secondary N) is 1. The first kappa shape index (κ1) is 16.2. The summed E-state index contributed by atoms with van der Waals surface area (Å²) in [5.74, 6) is -0.819. The number of amides is 1. The minimum absolute atomic E-state index is 0.0339. The first-order chi connectivity index (χ1) is 11.5. The van der Waals surface area contributed by atoms with Gasteiger partial charge in [0.1, 0.15) is 22.7 Å². The van der Waals surface area contributed by atoms with Crippen LogP contribution in [0.25, 0.3) is 11.0 Å². The van der Waals surface area contributed by atoms with Gasteiger partial charge >= 0.3 is 5.63 Å². The van der Waals surface area contributed by atoms with E-state index in [0.717, 1.165) is 0 Å². The Balaban J connectivity index is 1.99. The second kappa shape index (κ2) is 6.45. The fraction of sp³-hybridized carbons (Fsp3) is 0.0588. The first-order valence-corrected chi connectivity index (χ1v) is 7.65. The van der Waals surface area contributed by atoms with Gasteiger partial charge in [-0.15, -0.1) is 0 Å². The van der Waals surface area contributed by atoms with Gasteiger partial charge in [0.25, 0.3) is 5.91 Å². The maximum Gasteiger partial charge on any atom is 0.349 e. The van der Waals surface area contributed by atoms with Gasteiger partial charge in [-0.1, -0.05) is 15.9 Å². The topological polar surface area (TPSA) is 68.5 Å². The summed E-state index contributed by atoms with van der Waals surface area (Å²) in [4.78, 5) is 24.3. The average Bonchev–Trinajstić information content (AvgIpc) is 2.56. The molecule has 0 atom stereocenters. The Morgan fingerprint density at radius 2 is 2.00 bits per heavy atom. The van der Waals surface area contributed by atoms with E-state index in [0.29, 0.717) is 21.2 Å². The number of methoxy groups -OCH3 is 1. The summed E-state index contributed by atoms with van der Waals surface area (Å²) in [5, 5.41) is 2.89. The summed E-state index contributed by atoms with van der Waals surface area (Å²) >= 11 is 3.13. The maximum absolute atomic E-state index is 13.8. The van der Waals surface area contributed by atoms with Crippen molar-refractivity contribution in [2.24, 2.45) is 0 Å². The molecule has 3 rings (SSSR count). The molecule has 122 valence electrons. The minimum Gasteiger partial charge on any atom is -0.497 e. The van der Waals surface area contributed by atoms with Crippen LogP contribution >= 0.6 is 15.9 Å². The molecule has 3 aromatic rings. The molecule has 0 saturated heterocycles. The highest BCUT2D eigenvalue weighted by Gasteiger charge is 2.16. The number of halogens is 2. The molecule has 7 heteroatoms. The molecule has 0 aliphatic rings. The molecule has 5 nitrogen and oxygen atoms in total. The normalized spacial score (nSPS) is 10.6. The van der Waals surface area contributed by atoms with E-state index < -0.39 is 17.3 Å². The lowest BCUT2D eigenvalue weighted by Gasteiger charge is -2.07. The number of benzene rings is 2. The molecule has 0 fully saturated rings. The number of carbonyl (C=O) groups is 1. The Labute approximate surface area is 144 Å². The van der Waals surface area contributed by atoms with E-state index in [9.17, 15) is 14.0 Å². The van der Waals surface area contributed by atoms with Crippen LogP contribution in [-0.2, 0) is 0 Å². The molecule has 2 aromatic carbocycles. The van der Waals surface area contributed by atoms with Gasteiger partial charge in [0.2, 0.25) is 0 Å². The average molecular weight is 392 g/mol. The van der Waals surface area contributed by atoms with Crippen LogP contribution in [0.2, 0.25) is 0 Å². The molecule has 0 spiro atoms. The molecule has 0 unspecified atom stereocenters. The van der Waals surface area contributed by atoms with Crippen molar-refractivity contribution in [1.29, 1.82) is 0 Å². The van der Waals surface area contributed by atoms with Crippen LogP contribution in [0.5, 0.6) is 5.75 Å². The van der Waals surface area contributed by atoms with Gasteiger partial charge in [-0.25, -0.2) is 9.18 Å². The van der Waals surface area contributed by atoms with Crippen molar-refractivity contribution in [3.8, 4) is 5.75 Å². The number of ether oxygens (including phenoxy) is 1. The van der Waals surface area contributed by atoms with Gasteiger partial charge in [0.15, 0.2) is 0 Å². The molecule has 1 N–H and O–H groups in total. The number of hydrogen-bond acceptors (Lipinski definition) is 4. The van der Waals surface area contributed by atoms with Crippen molar-refractivity contribution in [3.05, 3.63) is 68.7 Å². The highest BCUT2D eigenvalue weighted by atomic mass is 79.9. The molecule has 24 heavy (non-hydrogen) atoms. The van der Waals surface area contributed by atoms with Crippen LogP contribution in [0.4, 0.5) is 10.1 Å². The molecule has 1 aromatic heterocycles. The van der Waals surface area contributed by atoms with E-state index in [1.807, 2.05) is 0 Å². The molecule has 1 heterocycles. The SMILES string of the molecule is COc1ccc2oc(=O)c(C(=O)Nc3ccc(Br)cc3F)cc2c1. The van der Waals surface area contributed by atoms with Crippen molar-refractivity contribution in [2.75, 3.05) is 12.4 Å². The summed E-state index contributed by atoms with van der Waals surface area (Å²) < 4.78 is 24.6. The summed E-state index contributed by atoms with van der Waals surface area (Å²) in [5.41, 5.74) is -0.735. The number of hydrogen-bond donors (Lipinski definition) is 1. The largest absolute Gasteiger partial charge is 0.497 e. The highest BCUT2D eigenvalue weighted by molar-refractivity contribution is 9.10. The van der Waals surface area contributed by atoms with Crippen LogP contribution in [0, 0.1) is 5.82 Å². The Bertz CT molecular complexity index is 1000. The second-order valence-electron chi connectivity index (χ2n) is 4.93. The summed E-state index contributed by atoms with van der Waals surface area (Å²) in [6.45, 7) is 0. The third-order valence-corrected chi connectivity index (χ3v) is 3.86. The third kappa shape index (κ3) is 3.16. The lowest BCUT2D eigenvalue weighted by atomic mass is 10.1. The molecule has 0 radical (unpaired) electrons. The fourth-order valence-electron chi connectivity index (χ4n) is 2.17. The quantitative estimate of drug-likeness (QED) is 0.686. The Morgan fingerprint density at radius 3 is 2.71 bits per heavy atom. The van der Waals surface area contributed by atoms with E-state index in [1.54, 1.807) is 24.3 Å². The number of rotatable bonds is 3. The van der Waals surface area contributed by atoms with Crippen LogP contribution in [0.15, 0.2) is 56.1 Å². The van der Waals surface area contributed by atoms with E-state index in [-0.39, 0.29) is 11.3 Å². The predicted molar refractivity (Wildman–Crippen MR) is 91.1 cm³/mol. The Kier molecular flexibility index (Phi) is 4.35. The van der Waals surface area contributed by atoms with Crippen LogP contribution < -0.4 is 15.7 Å². The first-order valence-electron chi connectivity index (χ1n) is 6.86. The second-order valence-corrected chi connectivity index (χ2v) is 5.85. The molecule has 0 aliphatic carbocycles. The molecular formula is C17H11BrFNO4. The number of anilines is 1. The molecule has 0 aliphatic heterocycles. The van der Waals surface area contributed by atoms with Crippen molar-refractivity contribution in [2.45, 2.75) is 0 Å². The zero-order valence-corrected chi connectivity index (χ0v) is 14.0. The van der Waals surface area contributed by atoms with E-state index in [4.69, 9.17) is 9.15 Å². The van der Waals surface area contributed by atoms with Gasteiger partial charge in [0, 0.05) is 9.86 Å². The standard InChI is InChI=1S/C17H11BrFNO4/c1-23-11-3-5-15-9(6-11)7-12(17(22)24-15)16(21)20-14-4-2-10(18)8-13(14)19/h2-8H,1H3,(H,20,21). The minimum atomic E-state index is -0.803. The fourth-order valence-corrected chi connectivity index (χ4v) is 2.50. The number of carbonyl (C=O) groups excluding carboxylic acids is 1. The zero-order chi connectivity index (χ0) is 17.3. The number of fused-ring (bicyclic) bond motifs is 1. The van der Waals surface area contributed by atoms with Crippen LogP contribution in [0.3, 0.4) is 0 Å². The van der Waals surface area contributed by atoms with E-state index >= 15 is 0 Å². The van der Waals surface area contributed by atoms with Gasteiger partial charge in [0.05, 0.1) is 12.8 Å². The maximum atomic E-state index is 13.8. The van der Waals surface area contributed by atoms with Crippen LogP contribution in [0.1, 0.15) is 10.4 Å². The third-order valence-electron chi connectivity index (χ3n) is 3.36. The molecule has 0 bridgehead atoms. The summed E-state index contributed by atoms with van der Waals surface area (Å²) in [7, 11) is 1.50. The van der Waals surface area contributed by atoms with Gasteiger partial charge in [-0.2, -0.15) is 0 Å². The van der Waals surface area contributed by atoms with Crippen LogP contribution in [-0.4, -0.2) is 13.0 Å². The molecule has 0 saturated carbocycles. The summed E-state index contributed by atoms with van der Waals surface area (Å²) in [6, 6.07) is 10.4. The van der Waals surface area contributed by atoms with E-state index in [1.165, 1.54) is 25.3 Å². The van der Waals surface area contributed by atoms with Gasteiger partial charge in [-0.05, 0) is 42.5 Å². The lowest BCUT2D eigenvalue weighted by molar-refractivity contribution is 0.102. The van der Waals surface area contributed by atoms with Gasteiger partial charge < -0.3 is 14.5 Å². The smallest absolute Gasteiger partial charge is 0.349 e. The predicted octanol–water partition coefficient (Wildman–Crippen LogP) is 3.96. The van der Waals surface area contributed by atoms with Crippen molar-refractivity contribution >= 4 is 38.5 Å². The Hall–Kier alpha value is -2.67. The molecular weight excluding hydrogens is 381 g/mol. The highest BCUT2D eigenvalue weighted by Crippen LogP contribution is 2.22. The van der Waals surface area contributed by atoms with Crippen molar-refractivity contribution in [3.63, 3.8) is 0 Å². The monoisotopic (exact) mass is 391 g/mol. The lowest BCUT2D eigenvalue weighted by Crippen LogP contribution is -2.21. The molecule has 1 amide bonds. The van der Waals surface area contributed by atoms with Crippen molar-refractivity contribution < 1.29 is 18.3 Å². The summed E-state index contributed by atoms with van der Waals surface area (Å²) in [6.07, 6.45) is 0. The van der Waals surface area contributed by atoms with E-state index in [2.05, 4.69) is 21.2 Å². The zero-order valence-electron chi connectivity index (χ0n) is 12.4. The van der Waals surface area contributed by atoms with Crippen molar-refractivity contribution in [1.82, 2.24) is 0 Å². The Morgan fingerprint density at radius 1 is 1.21 bits per heavy atom.